The van der Waals surface area contributed by atoms with Crippen molar-refractivity contribution in [3.05, 3.63) is 58.6 Å². The van der Waals surface area contributed by atoms with E-state index >= 15 is 0 Å². The van der Waals surface area contributed by atoms with E-state index in [1.54, 1.807) is 31.0 Å². The number of nitrogens with zero attached hydrogens (tertiary/aromatic N) is 1. The number of hydrogen-bond donors (Lipinski definition) is 1. The molecule has 2 amide bonds. The van der Waals surface area contributed by atoms with Crippen LogP contribution in [0.5, 0.6) is 11.5 Å². The summed E-state index contributed by atoms with van der Waals surface area (Å²) in [4.78, 5) is 26.7. The SMILES string of the molecule is CNC(=O)C(C)N(Cc1cccc(Cl)c1)C(=O)CCc1ccc2c(c1)OCO2. The van der Waals surface area contributed by atoms with E-state index in [1.807, 2.05) is 30.3 Å². The van der Waals surface area contributed by atoms with E-state index in [9.17, 15) is 9.59 Å². The molecule has 0 bridgehead atoms. The molecule has 6 nitrogen and oxygen atoms in total. The van der Waals surface area contributed by atoms with Crippen LogP contribution in [0, 0.1) is 0 Å². The summed E-state index contributed by atoms with van der Waals surface area (Å²) in [6.45, 7) is 2.26. The number of fused-ring (bicyclic) bond motifs is 1. The van der Waals surface area contributed by atoms with Gasteiger partial charge in [0.1, 0.15) is 6.04 Å². The third-order valence-corrected chi connectivity index (χ3v) is 4.96. The molecular formula is C21H23ClN2O4. The number of carbonyl (C=O) groups is 2. The summed E-state index contributed by atoms with van der Waals surface area (Å²) in [5, 5.41) is 3.21. The molecule has 2 aromatic rings. The zero-order valence-electron chi connectivity index (χ0n) is 15.9. The second-order valence-corrected chi connectivity index (χ2v) is 7.07. The fourth-order valence-electron chi connectivity index (χ4n) is 3.11. The molecule has 1 heterocycles. The van der Waals surface area contributed by atoms with Gasteiger partial charge in [-0.15, -0.1) is 0 Å². The Hall–Kier alpha value is -2.73. The van der Waals surface area contributed by atoms with E-state index in [4.69, 9.17) is 21.1 Å². The fraction of sp³-hybridized carbons (Fsp3) is 0.333. The largest absolute Gasteiger partial charge is 0.454 e. The van der Waals surface area contributed by atoms with E-state index in [1.165, 1.54) is 0 Å². The topological polar surface area (TPSA) is 67.9 Å². The van der Waals surface area contributed by atoms with E-state index in [-0.39, 0.29) is 25.0 Å². The minimum Gasteiger partial charge on any atom is -0.454 e. The van der Waals surface area contributed by atoms with Crippen LogP contribution in [0.2, 0.25) is 5.02 Å². The number of carbonyl (C=O) groups excluding carboxylic acids is 2. The maximum atomic E-state index is 13.0. The van der Waals surface area contributed by atoms with Crippen LogP contribution in [0.3, 0.4) is 0 Å². The number of nitrogens with one attached hydrogen (secondary N) is 1. The van der Waals surface area contributed by atoms with Crippen LogP contribution in [0.15, 0.2) is 42.5 Å². The van der Waals surface area contributed by atoms with Crippen LogP contribution >= 0.6 is 11.6 Å². The number of benzene rings is 2. The molecule has 0 saturated heterocycles. The lowest BCUT2D eigenvalue weighted by Crippen LogP contribution is -2.46. The molecule has 1 atom stereocenters. The van der Waals surface area contributed by atoms with Crippen molar-refractivity contribution in [3.63, 3.8) is 0 Å². The first kappa shape index (κ1) is 20.0. The molecule has 1 aliphatic rings. The number of aryl methyl sites for hydroxylation is 1. The van der Waals surface area contributed by atoms with Crippen molar-refractivity contribution in [3.8, 4) is 11.5 Å². The van der Waals surface area contributed by atoms with E-state index < -0.39 is 6.04 Å². The number of likely N-dealkylation sites (N-methyl/N-ethyl adjacent to an activating group) is 1. The summed E-state index contributed by atoms with van der Waals surface area (Å²) in [6.07, 6.45) is 0.823. The molecule has 1 N–H and O–H groups in total. The average Bonchev–Trinajstić information content (AvgIpc) is 3.17. The number of ether oxygens (including phenoxy) is 2. The lowest BCUT2D eigenvalue weighted by molar-refractivity contribution is -0.140. The first-order valence-electron chi connectivity index (χ1n) is 9.12. The van der Waals surface area contributed by atoms with Crippen molar-refractivity contribution in [1.29, 1.82) is 0 Å². The lowest BCUT2D eigenvalue weighted by Gasteiger charge is -2.28. The second kappa shape index (κ2) is 8.97. The smallest absolute Gasteiger partial charge is 0.242 e. The minimum absolute atomic E-state index is 0.103. The number of halogens is 1. The Morgan fingerprint density at radius 2 is 1.93 bits per heavy atom. The Kier molecular flexibility index (Phi) is 6.41. The molecule has 3 rings (SSSR count). The van der Waals surface area contributed by atoms with E-state index in [2.05, 4.69) is 5.32 Å². The first-order chi connectivity index (χ1) is 13.5. The third kappa shape index (κ3) is 4.75. The highest BCUT2D eigenvalue weighted by molar-refractivity contribution is 6.30. The molecule has 1 unspecified atom stereocenters. The Balaban J connectivity index is 1.71. The summed E-state index contributed by atoms with van der Waals surface area (Å²) >= 11 is 6.06. The Morgan fingerprint density at radius 3 is 2.68 bits per heavy atom. The van der Waals surface area contributed by atoms with Gasteiger partial charge in [0.05, 0.1) is 0 Å². The van der Waals surface area contributed by atoms with Gasteiger partial charge in [-0.3, -0.25) is 9.59 Å². The Morgan fingerprint density at radius 1 is 1.14 bits per heavy atom. The van der Waals surface area contributed by atoms with Gasteiger partial charge in [0.15, 0.2) is 11.5 Å². The molecule has 28 heavy (non-hydrogen) atoms. The normalized spacial score (nSPS) is 13.1. The van der Waals surface area contributed by atoms with Gasteiger partial charge >= 0.3 is 0 Å². The van der Waals surface area contributed by atoms with Crippen molar-refractivity contribution < 1.29 is 19.1 Å². The molecule has 1 aliphatic heterocycles. The van der Waals surface area contributed by atoms with Crippen LogP contribution in [0.25, 0.3) is 0 Å². The highest BCUT2D eigenvalue weighted by atomic mass is 35.5. The average molecular weight is 403 g/mol. The molecule has 0 spiro atoms. The van der Waals surface area contributed by atoms with Crippen LogP contribution < -0.4 is 14.8 Å². The molecule has 7 heteroatoms. The maximum Gasteiger partial charge on any atom is 0.242 e. The highest BCUT2D eigenvalue weighted by Crippen LogP contribution is 2.32. The van der Waals surface area contributed by atoms with Crippen molar-refractivity contribution in [1.82, 2.24) is 10.2 Å². The summed E-state index contributed by atoms with van der Waals surface area (Å²) in [6, 6.07) is 12.4. The predicted octanol–water partition coefficient (Wildman–Crippen LogP) is 3.16. The zero-order valence-corrected chi connectivity index (χ0v) is 16.7. The monoisotopic (exact) mass is 402 g/mol. The standard InChI is InChI=1S/C21H23ClN2O4/c1-14(21(26)23-2)24(12-16-4-3-5-17(22)10-16)20(25)9-7-15-6-8-18-19(11-15)28-13-27-18/h3-6,8,10-11,14H,7,9,12-13H2,1-2H3,(H,23,26). The molecule has 0 fully saturated rings. The second-order valence-electron chi connectivity index (χ2n) is 6.63. The van der Waals surface area contributed by atoms with Gasteiger partial charge < -0.3 is 19.7 Å². The summed E-state index contributed by atoms with van der Waals surface area (Å²) < 4.78 is 10.7. The molecule has 0 saturated carbocycles. The van der Waals surface area contributed by atoms with Crippen LogP contribution in [0.4, 0.5) is 0 Å². The lowest BCUT2D eigenvalue weighted by atomic mass is 10.1. The number of rotatable bonds is 7. The highest BCUT2D eigenvalue weighted by Gasteiger charge is 2.25. The zero-order chi connectivity index (χ0) is 20.1. The number of amides is 2. The van der Waals surface area contributed by atoms with Gasteiger partial charge in [-0.25, -0.2) is 0 Å². The molecule has 0 radical (unpaired) electrons. The van der Waals surface area contributed by atoms with Gasteiger partial charge in [-0.1, -0.05) is 29.8 Å². The molecular weight excluding hydrogens is 380 g/mol. The van der Waals surface area contributed by atoms with Crippen molar-refractivity contribution in [2.75, 3.05) is 13.8 Å². The quantitative estimate of drug-likeness (QED) is 0.772. The summed E-state index contributed by atoms with van der Waals surface area (Å²) in [5.74, 6) is 1.09. The van der Waals surface area contributed by atoms with E-state index in [0.717, 1.165) is 11.1 Å². The van der Waals surface area contributed by atoms with Crippen molar-refractivity contribution in [2.24, 2.45) is 0 Å². The van der Waals surface area contributed by atoms with Gasteiger partial charge in [0.25, 0.3) is 0 Å². The molecule has 0 aromatic heterocycles. The summed E-state index contributed by atoms with van der Waals surface area (Å²) in [5.41, 5.74) is 1.85. The Labute approximate surface area is 169 Å². The van der Waals surface area contributed by atoms with Crippen molar-refractivity contribution >= 4 is 23.4 Å². The minimum atomic E-state index is -0.590. The van der Waals surface area contributed by atoms with Crippen molar-refractivity contribution in [2.45, 2.75) is 32.4 Å². The molecule has 2 aromatic carbocycles. The predicted molar refractivity (Wildman–Crippen MR) is 106 cm³/mol. The van der Waals surface area contributed by atoms with Crippen LogP contribution in [-0.2, 0) is 22.6 Å². The van der Waals surface area contributed by atoms with Gasteiger partial charge in [-0.2, -0.15) is 0 Å². The third-order valence-electron chi connectivity index (χ3n) is 4.72. The number of hydrogen-bond acceptors (Lipinski definition) is 4. The first-order valence-corrected chi connectivity index (χ1v) is 9.49. The fourth-order valence-corrected chi connectivity index (χ4v) is 3.33. The van der Waals surface area contributed by atoms with Gasteiger partial charge in [-0.05, 0) is 48.7 Å². The maximum absolute atomic E-state index is 13.0. The van der Waals surface area contributed by atoms with Crippen LogP contribution in [0.1, 0.15) is 24.5 Å². The van der Waals surface area contributed by atoms with Gasteiger partial charge in [0.2, 0.25) is 18.6 Å². The van der Waals surface area contributed by atoms with Crippen LogP contribution in [-0.4, -0.2) is 36.6 Å². The Bertz CT molecular complexity index is 871. The molecule has 148 valence electrons. The molecule has 0 aliphatic carbocycles. The van der Waals surface area contributed by atoms with Gasteiger partial charge in [0, 0.05) is 25.0 Å². The van der Waals surface area contributed by atoms with E-state index in [0.29, 0.717) is 29.5 Å². The summed E-state index contributed by atoms with van der Waals surface area (Å²) in [7, 11) is 1.56.